The Kier molecular flexibility index (Phi) is 3.37. The van der Waals surface area contributed by atoms with E-state index in [2.05, 4.69) is 20.5 Å². The first-order chi connectivity index (χ1) is 9.08. The van der Waals surface area contributed by atoms with Crippen LogP contribution >= 0.6 is 0 Å². The Bertz CT molecular complexity index is 634. The van der Waals surface area contributed by atoms with Gasteiger partial charge in [0.25, 0.3) is 11.6 Å². The van der Waals surface area contributed by atoms with Crippen LogP contribution < -0.4 is 5.32 Å². The fourth-order valence-corrected chi connectivity index (χ4v) is 1.32. The summed E-state index contributed by atoms with van der Waals surface area (Å²) in [4.78, 5) is 25.4. The molecule has 0 saturated heterocycles. The van der Waals surface area contributed by atoms with Gasteiger partial charge in [-0.2, -0.15) is 5.10 Å². The molecule has 8 nitrogen and oxygen atoms in total. The molecule has 0 spiro atoms. The lowest BCUT2D eigenvalue weighted by Crippen LogP contribution is -2.16. The Morgan fingerprint density at radius 3 is 2.79 bits per heavy atom. The van der Waals surface area contributed by atoms with Crippen LogP contribution in [0.1, 0.15) is 10.4 Å². The number of hydrogen-bond acceptors (Lipinski definition) is 6. The zero-order valence-electron chi connectivity index (χ0n) is 9.28. The van der Waals surface area contributed by atoms with E-state index >= 15 is 0 Å². The van der Waals surface area contributed by atoms with E-state index in [0.29, 0.717) is 0 Å². The normalized spacial score (nSPS) is 9.95. The zero-order chi connectivity index (χ0) is 13.8. The van der Waals surface area contributed by atoms with Gasteiger partial charge in [0.15, 0.2) is 0 Å². The molecule has 0 aliphatic heterocycles. The summed E-state index contributed by atoms with van der Waals surface area (Å²) in [5.41, 5.74) is -0.930. The van der Waals surface area contributed by atoms with E-state index in [-0.39, 0.29) is 5.95 Å². The standard InChI is InChI=1S/C10H6FN5O3/c11-6-1-2-8(16(18)19)7(5-6)9(17)14-10-12-3-4-13-15-10/h1-5H,(H,12,14,15,17). The van der Waals surface area contributed by atoms with E-state index in [1.54, 1.807) is 0 Å². The number of nitrogens with one attached hydrogen (secondary N) is 1. The molecule has 1 heterocycles. The first-order valence-corrected chi connectivity index (χ1v) is 4.97. The highest BCUT2D eigenvalue weighted by molar-refractivity contribution is 6.06. The molecule has 1 aromatic carbocycles. The number of carbonyl (C=O) groups excluding carboxylic acids is 1. The minimum absolute atomic E-state index is 0.133. The van der Waals surface area contributed by atoms with Gasteiger partial charge in [-0.05, 0) is 12.1 Å². The van der Waals surface area contributed by atoms with E-state index in [1.165, 1.54) is 12.4 Å². The maximum Gasteiger partial charge on any atom is 0.282 e. The molecular formula is C10H6FN5O3. The van der Waals surface area contributed by atoms with Crippen molar-refractivity contribution in [3.63, 3.8) is 0 Å². The SMILES string of the molecule is O=C(Nc1nccnn1)c1cc(F)ccc1[N+](=O)[O-]. The van der Waals surface area contributed by atoms with E-state index in [4.69, 9.17) is 0 Å². The van der Waals surface area contributed by atoms with Gasteiger partial charge in [-0.15, -0.1) is 5.10 Å². The van der Waals surface area contributed by atoms with Crippen LogP contribution in [0.25, 0.3) is 0 Å². The van der Waals surface area contributed by atoms with Crippen molar-refractivity contribution in [1.29, 1.82) is 0 Å². The highest BCUT2D eigenvalue weighted by Crippen LogP contribution is 2.20. The lowest BCUT2D eigenvalue weighted by molar-refractivity contribution is -0.385. The second-order valence-electron chi connectivity index (χ2n) is 3.34. The van der Waals surface area contributed by atoms with E-state index in [9.17, 15) is 19.3 Å². The molecule has 0 aliphatic carbocycles. The molecule has 0 atom stereocenters. The Balaban J connectivity index is 2.33. The number of rotatable bonds is 3. The van der Waals surface area contributed by atoms with Crippen LogP contribution in [0.15, 0.2) is 30.6 Å². The number of anilines is 1. The van der Waals surface area contributed by atoms with E-state index in [0.717, 1.165) is 18.2 Å². The van der Waals surface area contributed by atoms with Gasteiger partial charge in [-0.25, -0.2) is 9.37 Å². The van der Waals surface area contributed by atoms with Crippen LogP contribution in [0.3, 0.4) is 0 Å². The average Bonchev–Trinajstić information content (AvgIpc) is 2.39. The van der Waals surface area contributed by atoms with Gasteiger partial charge in [0.2, 0.25) is 5.95 Å². The summed E-state index contributed by atoms with van der Waals surface area (Å²) < 4.78 is 13.1. The topological polar surface area (TPSA) is 111 Å². The molecule has 0 bridgehead atoms. The molecule has 2 rings (SSSR count). The predicted molar refractivity (Wildman–Crippen MR) is 60.8 cm³/mol. The molecule has 0 fully saturated rings. The van der Waals surface area contributed by atoms with Crippen LogP contribution in [0.5, 0.6) is 0 Å². The number of nitrogens with zero attached hydrogens (tertiary/aromatic N) is 4. The van der Waals surface area contributed by atoms with Gasteiger partial charge < -0.3 is 0 Å². The highest BCUT2D eigenvalue weighted by atomic mass is 19.1. The fourth-order valence-electron chi connectivity index (χ4n) is 1.32. The minimum atomic E-state index is -0.890. The number of amides is 1. The van der Waals surface area contributed by atoms with Crippen molar-refractivity contribution >= 4 is 17.5 Å². The Hall–Kier alpha value is -2.97. The molecule has 1 aromatic heterocycles. The third kappa shape index (κ3) is 2.83. The Morgan fingerprint density at radius 1 is 1.37 bits per heavy atom. The summed E-state index contributed by atoms with van der Waals surface area (Å²) >= 11 is 0. The van der Waals surface area contributed by atoms with Gasteiger partial charge in [0.05, 0.1) is 17.3 Å². The molecule has 0 aliphatic rings. The molecular weight excluding hydrogens is 257 g/mol. The van der Waals surface area contributed by atoms with Crippen molar-refractivity contribution in [2.24, 2.45) is 0 Å². The number of benzene rings is 1. The summed E-state index contributed by atoms with van der Waals surface area (Å²) in [7, 11) is 0. The number of nitro benzene ring substituents is 1. The second kappa shape index (κ2) is 5.12. The first kappa shape index (κ1) is 12.5. The Labute approximate surface area is 105 Å². The van der Waals surface area contributed by atoms with Crippen molar-refractivity contribution in [1.82, 2.24) is 15.2 Å². The number of nitro groups is 1. The largest absolute Gasteiger partial charge is 0.289 e. The van der Waals surface area contributed by atoms with Crippen molar-refractivity contribution < 1.29 is 14.1 Å². The summed E-state index contributed by atoms with van der Waals surface area (Å²) in [5, 5.41) is 19.9. The molecule has 96 valence electrons. The fraction of sp³-hybridized carbons (Fsp3) is 0. The van der Waals surface area contributed by atoms with Crippen LogP contribution in [0.2, 0.25) is 0 Å². The third-order valence-corrected chi connectivity index (χ3v) is 2.11. The molecule has 19 heavy (non-hydrogen) atoms. The molecule has 1 N–H and O–H groups in total. The lowest BCUT2D eigenvalue weighted by Gasteiger charge is -2.03. The van der Waals surface area contributed by atoms with Gasteiger partial charge in [0, 0.05) is 6.07 Å². The maximum atomic E-state index is 13.1. The molecule has 0 radical (unpaired) electrons. The quantitative estimate of drug-likeness (QED) is 0.657. The maximum absolute atomic E-state index is 13.1. The first-order valence-electron chi connectivity index (χ1n) is 4.97. The molecule has 2 aromatic rings. The van der Waals surface area contributed by atoms with Crippen molar-refractivity contribution in [2.75, 3.05) is 5.32 Å². The molecule has 0 unspecified atom stereocenters. The van der Waals surface area contributed by atoms with Crippen LogP contribution in [-0.2, 0) is 0 Å². The highest BCUT2D eigenvalue weighted by Gasteiger charge is 2.21. The number of aromatic nitrogens is 3. The minimum Gasteiger partial charge on any atom is -0.289 e. The van der Waals surface area contributed by atoms with Crippen molar-refractivity contribution in [3.8, 4) is 0 Å². The average molecular weight is 263 g/mol. The number of hydrogen-bond donors (Lipinski definition) is 1. The predicted octanol–water partition coefficient (Wildman–Crippen LogP) is 1.17. The van der Waals surface area contributed by atoms with E-state index in [1.807, 2.05) is 0 Å². The van der Waals surface area contributed by atoms with Gasteiger partial charge >= 0.3 is 0 Å². The van der Waals surface area contributed by atoms with Gasteiger partial charge in [-0.3, -0.25) is 20.2 Å². The molecule has 1 amide bonds. The summed E-state index contributed by atoms with van der Waals surface area (Å²) in [5.74, 6) is -1.78. The van der Waals surface area contributed by atoms with Crippen LogP contribution in [0.4, 0.5) is 16.0 Å². The van der Waals surface area contributed by atoms with Crippen LogP contribution in [-0.4, -0.2) is 26.0 Å². The van der Waals surface area contributed by atoms with E-state index < -0.39 is 27.9 Å². The van der Waals surface area contributed by atoms with Crippen molar-refractivity contribution in [3.05, 3.63) is 52.1 Å². The van der Waals surface area contributed by atoms with Gasteiger partial charge in [0.1, 0.15) is 11.4 Å². The Morgan fingerprint density at radius 2 is 2.16 bits per heavy atom. The molecule has 9 heteroatoms. The number of halogens is 1. The summed E-state index contributed by atoms with van der Waals surface area (Å²) in [6.07, 6.45) is 2.57. The lowest BCUT2D eigenvalue weighted by atomic mass is 10.1. The molecule has 0 saturated carbocycles. The number of carbonyl (C=O) groups is 1. The van der Waals surface area contributed by atoms with Crippen LogP contribution in [0, 0.1) is 15.9 Å². The van der Waals surface area contributed by atoms with Gasteiger partial charge in [-0.1, -0.05) is 0 Å². The summed E-state index contributed by atoms with van der Waals surface area (Å²) in [6.45, 7) is 0. The van der Waals surface area contributed by atoms with Crippen molar-refractivity contribution in [2.45, 2.75) is 0 Å². The zero-order valence-corrected chi connectivity index (χ0v) is 9.28. The smallest absolute Gasteiger partial charge is 0.282 e. The third-order valence-electron chi connectivity index (χ3n) is 2.11. The monoisotopic (exact) mass is 263 g/mol. The summed E-state index contributed by atoms with van der Waals surface area (Å²) in [6, 6.07) is 2.58. The second-order valence-corrected chi connectivity index (χ2v) is 3.34.